The van der Waals surface area contributed by atoms with Crippen LogP contribution in [0, 0.1) is 0 Å². The third-order valence-electron chi connectivity index (χ3n) is 3.18. The number of hydrogen-bond donors (Lipinski definition) is 1. The maximum Gasteiger partial charge on any atom is 0.139 e. The Morgan fingerprint density at radius 3 is 3.06 bits per heavy atom. The first kappa shape index (κ1) is 12.5. The van der Waals surface area contributed by atoms with Crippen molar-refractivity contribution in [2.45, 2.75) is 45.2 Å². The van der Waals surface area contributed by atoms with Gasteiger partial charge in [0, 0.05) is 12.6 Å². The second kappa shape index (κ2) is 6.12. The first-order valence-electron chi connectivity index (χ1n) is 6.55. The number of aryl methyl sites for hydroxylation is 1. The molecule has 1 N–H and O–H groups in total. The van der Waals surface area contributed by atoms with Gasteiger partial charge in [0.1, 0.15) is 12.2 Å². The average Bonchev–Trinajstić information content (AvgIpc) is 2.94. The zero-order valence-corrected chi connectivity index (χ0v) is 10.7. The lowest BCUT2D eigenvalue weighted by Crippen LogP contribution is -2.36. The fraction of sp³-hybridized carbons (Fsp3) is 0.833. The molecule has 2 heterocycles. The van der Waals surface area contributed by atoms with E-state index in [0.717, 1.165) is 45.0 Å². The molecule has 5 nitrogen and oxygen atoms in total. The van der Waals surface area contributed by atoms with Gasteiger partial charge in [0.15, 0.2) is 0 Å². The van der Waals surface area contributed by atoms with E-state index in [9.17, 15) is 0 Å². The van der Waals surface area contributed by atoms with E-state index >= 15 is 0 Å². The summed E-state index contributed by atoms with van der Waals surface area (Å²) in [7, 11) is 0. The summed E-state index contributed by atoms with van der Waals surface area (Å²) in [4.78, 5) is 0. The molecule has 0 spiro atoms. The van der Waals surface area contributed by atoms with Gasteiger partial charge in [-0.15, -0.1) is 10.2 Å². The molecule has 1 aromatic heterocycles. The van der Waals surface area contributed by atoms with Crippen molar-refractivity contribution in [1.29, 1.82) is 0 Å². The zero-order chi connectivity index (χ0) is 12.1. The second-order valence-electron chi connectivity index (χ2n) is 4.59. The van der Waals surface area contributed by atoms with Crippen LogP contribution in [0.3, 0.4) is 0 Å². The van der Waals surface area contributed by atoms with Gasteiger partial charge in [-0.05, 0) is 19.4 Å². The van der Waals surface area contributed by atoms with Gasteiger partial charge in [0.2, 0.25) is 0 Å². The molecule has 96 valence electrons. The predicted octanol–water partition coefficient (Wildman–Crippen LogP) is 1.17. The molecular formula is C12H22N4O. The highest BCUT2D eigenvalue weighted by Crippen LogP contribution is 2.24. The molecule has 2 atom stereocenters. The molecule has 1 fully saturated rings. The lowest BCUT2D eigenvalue weighted by Gasteiger charge is -2.18. The fourth-order valence-corrected chi connectivity index (χ4v) is 2.30. The summed E-state index contributed by atoms with van der Waals surface area (Å²) >= 11 is 0. The Kier molecular flexibility index (Phi) is 4.50. The van der Waals surface area contributed by atoms with Gasteiger partial charge >= 0.3 is 0 Å². The quantitative estimate of drug-likeness (QED) is 0.808. The summed E-state index contributed by atoms with van der Waals surface area (Å²) in [6, 6.07) is 0.384. The predicted molar refractivity (Wildman–Crippen MR) is 66.0 cm³/mol. The van der Waals surface area contributed by atoms with E-state index in [1.165, 1.54) is 0 Å². The minimum atomic E-state index is 0.343. The van der Waals surface area contributed by atoms with Crippen LogP contribution in [-0.2, 0) is 11.3 Å². The smallest absolute Gasteiger partial charge is 0.139 e. The Bertz CT molecular complexity index is 339. The molecule has 0 saturated carbocycles. The molecule has 0 amide bonds. The van der Waals surface area contributed by atoms with Crippen LogP contribution >= 0.6 is 0 Å². The van der Waals surface area contributed by atoms with E-state index in [1.807, 2.05) is 6.33 Å². The van der Waals surface area contributed by atoms with Crippen LogP contribution in [-0.4, -0.2) is 40.6 Å². The molecule has 2 rings (SSSR count). The highest BCUT2D eigenvalue weighted by Gasteiger charge is 2.32. The molecule has 1 aliphatic heterocycles. The largest absolute Gasteiger partial charge is 0.379 e. The van der Waals surface area contributed by atoms with Crippen LogP contribution in [0.15, 0.2) is 6.33 Å². The molecule has 2 unspecified atom stereocenters. The van der Waals surface area contributed by atoms with Gasteiger partial charge in [-0.25, -0.2) is 0 Å². The van der Waals surface area contributed by atoms with Crippen molar-refractivity contribution in [1.82, 2.24) is 20.1 Å². The Hall–Kier alpha value is -0.940. The average molecular weight is 238 g/mol. The SMILES string of the molecule is CCCNC1COCC1c1nncn1CCC. The lowest BCUT2D eigenvalue weighted by molar-refractivity contribution is 0.187. The van der Waals surface area contributed by atoms with Crippen molar-refractivity contribution in [2.24, 2.45) is 0 Å². The zero-order valence-electron chi connectivity index (χ0n) is 10.7. The molecule has 1 aliphatic rings. The first-order valence-corrected chi connectivity index (χ1v) is 6.55. The molecule has 1 saturated heterocycles. The van der Waals surface area contributed by atoms with Crippen molar-refractivity contribution in [2.75, 3.05) is 19.8 Å². The first-order chi connectivity index (χ1) is 8.36. The Morgan fingerprint density at radius 1 is 1.41 bits per heavy atom. The van der Waals surface area contributed by atoms with Crippen molar-refractivity contribution in [3.63, 3.8) is 0 Å². The summed E-state index contributed by atoms with van der Waals surface area (Å²) in [5.41, 5.74) is 0. The second-order valence-corrected chi connectivity index (χ2v) is 4.59. The monoisotopic (exact) mass is 238 g/mol. The maximum absolute atomic E-state index is 5.58. The Balaban J connectivity index is 2.06. The van der Waals surface area contributed by atoms with Gasteiger partial charge in [-0.1, -0.05) is 13.8 Å². The van der Waals surface area contributed by atoms with Crippen LogP contribution in [0.2, 0.25) is 0 Å². The summed E-state index contributed by atoms with van der Waals surface area (Å²) < 4.78 is 7.73. The van der Waals surface area contributed by atoms with Gasteiger partial charge in [-0.2, -0.15) is 0 Å². The molecular weight excluding hydrogens is 216 g/mol. The number of nitrogens with zero attached hydrogens (tertiary/aromatic N) is 3. The Morgan fingerprint density at radius 2 is 2.29 bits per heavy atom. The summed E-state index contributed by atoms with van der Waals surface area (Å²) in [6.07, 6.45) is 4.07. The molecule has 0 bridgehead atoms. The molecule has 0 radical (unpaired) electrons. The summed E-state index contributed by atoms with van der Waals surface area (Å²) in [5.74, 6) is 1.41. The van der Waals surface area contributed by atoms with E-state index in [2.05, 4.69) is 33.9 Å². The number of hydrogen-bond acceptors (Lipinski definition) is 4. The lowest BCUT2D eigenvalue weighted by atomic mass is 10.0. The summed E-state index contributed by atoms with van der Waals surface area (Å²) in [5, 5.41) is 11.8. The molecule has 0 aliphatic carbocycles. The van der Waals surface area contributed by atoms with Gasteiger partial charge in [0.05, 0.1) is 19.1 Å². The molecule has 17 heavy (non-hydrogen) atoms. The van der Waals surface area contributed by atoms with E-state index in [0.29, 0.717) is 12.0 Å². The van der Waals surface area contributed by atoms with Crippen molar-refractivity contribution < 1.29 is 4.74 Å². The molecule has 0 aromatic carbocycles. The van der Waals surface area contributed by atoms with E-state index in [4.69, 9.17) is 4.74 Å². The van der Waals surface area contributed by atoms with Gasteiger partial charge in [-0.3, -0.25) is 0 Å². The van der Waals surface area contributed by atoms with Gasteiger partial charge in [0.25, 0.3) is 0 Å². The molecule has 5 heteroatoms. The Labute approximate surface area is 103 Å². The number of aromatic nitrogens is 3. The summed E-state index contributed by atoms with van der Waals surface area (Å²) in [6.45, 7) is 7.90. The van der Waals surface area contributed by atoms with E-state index in [1.54, 1.807) is 0 Å². The van der Waals surface area contributed by atoms with Crippen molar-refractivity contribution >= 4 is 0 Å². The minimum absolute atomic E-state index is 0.343. The van der Waals surface area contributed by atoms with Crippen LogP contribution < -0.4 is 5.32 Å². The minimum Gasteiger partial charge on any atom is -0.379 e. The topological polar surface area (TPSA) is 52.0 Å². The van der Waals surface area contributed by atoms with E-state index < -0.39 is 0 Å². The van der Waals surface area contributed by atoms with Crippen LogP contribution in [0.5, 0.6) is 0 Å². The van der Waals surface area contributed by atoms with E-state index in [-0.39, 0.29) is 0 Å². The third kappa shape index (κ3) is 2.84. The standard InChI is InChI=1S/C12H22N4O/c1-3-5-13-11-8-17-7-10(11)12-15-14-9-16(12)6-4-2/h9-11,13H,3-8H2,1-2H3. The maximum atomic E-state index is 5.58. The number of ether oxygens (including phenoxy) is 1. The molecule has 1 aromatic rings. The van der Waals surface area contributed by atoms with Crippen LogP contribution in [0.25, 0.3) is 0 Å². The fourth-order valence-electron chi connectivity index (χ4n) is 2.30. The highest BCUT2D eigenvalue weighted by molar-refractivity contribution is 5.05. The van der Waals surface area contributed by atoms with Crippen molar-refractivity contribution in [3.05, 3.63) is 12.2 Å². The third-order valence-corrected chi connectivity index (χ3v) is 3.18. The highest BCUT2D eigenvalue weighted by atomic mass is 16.5. The number of rotatable bonds is 6. The normalized spacial score (nSPS) is 24.4. The van der Waals surface area contributed by atoms with Crippen LogP contribution in [0.4, 0.5) is 0 Å². The number of nitrogens with one attached hydrogen (secondary N) is 1. The van der Waals surface area contributed by atoms with Crippen LogP contribution in [0.1, 0.15) is 38.4 Å². The van der Waals surface area contributed by atoms with Crippen molar-refractivity contribution in [3.8, 4) is 0 Å². The van der Waals surface area contributed by atoms with Gasteiger partial charge < -0.3 is 14.6 Å².